The minimum Gasteiger partial charge on any atom is -0.454 e. The number of nitrogens with one attached hydrogen (secondary N) is 1. The van der Waals surface area contributed by atoms with Crippen LogP contribution in [0, 0.1) is 0 Å². The lowest BCUT2D eigenvalue weighted by Gasteiger charge is -2.22. The lowest BCUT2D eigenvalue weighted by Crippen LogP contribution is -2.45. The summed E-state index contributed by atoms with van der Waals surface area (Å²) in [4.78, 5) is 26.3. The normalized spacial score (nSPS) is 20.9. The Labute approximate surface area is 164 Å². The minimum absolute atomic E-state index is 0.122. The van der Waals surface area contributed by atoms with E-state index in [1.165, 1.54) is 12.1 Å². The molecule has 0 radical (unpaired) electrons. The van der Waals surface area contributed by atoms with Crippen LogP contribution >= 0.6 is 0 Å². The number of urea groups is 1. The van der Waals surface area contributed by atoms with E-state index in [1.54, 1.807) is 25.1 Å². The quantitative estimate of drug-likeness (QED) is 0.790. The van der Waals surface area contributed by atoms with E-state index in [-0.39, 0.29) is 25.3 Å². The Kier molecular flexibility index (Phi) is 4.40. The first kappa shape index (κ1) is 19.1. The highest BCUT2D eigenvalue weighted by molar-refractivity contribution is 6.06. The molecular formula is C20H17F3N2O4. The summed E-state index contributed by atoms with van der Waals surface area (Å²) in [5.41, 5.74) is -1.07. The number of rotatable bonds is 4. The first-order chi connectivity index (χ1) is 13.7. The average Bonchev–Trinajstić information content (AvgIpc) is 3.19. The number of hydrogen-bond acceptors (Lipinski definition) is 4. The molecule has 1 saturated heterocycles. The predicted octanol–water partition coefficient (Wildman–Crippen LogP) is 3.49. The highest BCUT2D eigenvalue weighted by Crippen LogP contribution is 2.34. The summed E-state index contributed by atoms with van der Waals surface area (Å²) in [6.45, 7) is 1.46. The van der Waals surface area contributed by atoms with Crippen LogP contribution in [0.15, 0.2) is 42.5 Å². The molecular weight excluding hydrogens is 389 g/mol. The Morgan fingerprint density at radius 3 is 2.59 bits per heavy atom. The van der Waals surface area contributed by atoms with Crippen molar-refractivity contribution in [1.29, 1.82) is 0 Å². The van der Waals surface area contributed by atoms with Gasteiger partial charge in [-0.05, 0) is 42.3 Å². The fourth-order valence-electron chi connectivity index (χ4n) is 3.50. The number of benzene rings is 2. The van der Waals surface area contributed by atoms with E-state index in [0.29, 0.717) is 11.5 Å². The van der Waals surface area contributed by atoms with Crippen molar-refractivity contribution in [3.8, 4) is 11.5 Å². The Morgan fingerprint density at radius 1 is 1.07 bits per heavy atom. The van der Waals surface area contributed by atoms with Crippen LogP contribution in [0.3, 0.4) is 0 Å². The molecule has 0 aromatic heterocycles. The molecule has 2 aliphatic heterocycles. The maximum atomic E-state index is 12.9. The zero-order chi connectivity index (χ0) is 20.8. The molecule has 1 unspecified atom stereocenters. The van der Waals surface area contributed by atoms with Crippen molar-refractivity contribution >= 4 is 11.9 Å². The summed E-state index contributed by atoms with van der Waals surface area (Å²) in [7, 11) is 0. The number of ether oxygens (including phenoxy) is 2. The number of carbonyl (C=O) groups excluding carboxylic acids is 2. The largest absolute Gasteiger partial charge is 0.454 e. The second-order valence-electron chi connectivity index (χ2n) is 7.22. The molecule has 1 fully saturated rings. The second kappa shape index (κ2) is 6.68. The van der Waals surface area contributed by atoms with Crippen LogP contribution < -0.4 is 14.8 Å². The van der Waals surface area contributed by atoms with E-state index < -0.39 is 29.2 Å². The standard InChI is InChI=1S/C20H17F3N2O4/c1-19(9-12-5-6-15-16(8-12)29-11-28-15)17(26)25(18(27)24-19)10-13-3-2-4-14(7-13)20(21,22)23/h2-8H,9-11H2,1H3,(H,24,27). The van der Waals surface area contributed by atoms with E-state index >= 15 is 0 Å². The third-order valence-corrected chi connectivity index (χ3v) is 4.93. The van der Waals surface area contributed by atoms with Gasteiger partial charge < -0.3 is 14.8 Å². The highest BCUT2D eigenvalue weighted by atomic mass is 19.4. The Bertz CT molecular complexity index is 992. The van der Waals surface area contributed by atoms with Gasteiger partial charge in [0.1, 0.15) is 5.54 Å². The molecule has 0 bridgehead atoms. The molecule has 2 aliphatic rings. The fraction of sp³-hybridized carbons (Fsp3) is 0.300. The van der Waals surface area contributed by atoms with Gasteiger partial charge in [0.05, 0.1) is 12.1 Å². The molecule has 29 heavy (non-hydrogen) atoms. The molecule has 1 atom stereocenters. The molecule has 6 nitrogen and oxygen atoms in total. The monoisotopic (exact) mass is 406 g/mol. The number of fused-ring (bicyclic) bond motifs is 1. The zero-order valence-corrected chi connectivity index (χ0v) is 15.4. The van der Waals surface area contributed by atoms with Crippen molar-refractivity contribution in [2.45, 2.75) is 31.6 Å². The number of hydrogen-bond donors (Lipinski definition) is 1. The van der Waals surface area contributed by atoms with Gasteiger partial charge in [0, 0.05) is 6.42 Å². The summed E-state index contributed by atoms with van der Waals surface area (Å²) in [6.07, 6.45) is -4.30. The highest BCUT2D eigenvalue weighted by Gasteiger charge is 2.47. The van der Waals surface area contributed by atoms with E-state index in [4.69, 9.17) is 9.47 Å². The maximum absolute atomic E-state index is 12.9. The van der Waals surface area contributed by atoms with Crippen LogP contribution in [0.4, 0.5) is 18.0 Å². The molecule has 152 valence electrons. The van der Waals surface area contributed by atoms with Crippen LogP contribution in [-0.4, -0.2) is 29.2 Å². The lowest BCUT2D eigenvalue weighted by atomic mass is 9.92. The van der Waals surface area contributed by atoms with E-state index in [1.807, 2.05) is 0 Å². The lowest BCUT2D eigenvalue weighted by molar-refractivity contribution is -0.137. The average molecular weight is 406 g/mol. The number of imide groups is 1. The molecule has 2 heterocycles. The number of alkyl halides is 3. The van der Waals surface area contributed by atoms with E-state index in [9.17, 15) is 22.8 Å². The van der Waals surface area contributed by atoms with Crippen molar-refractivity contribution in [1.82, 2.24) is 10.2 Å². The van der Waals surface area contributed by atoms with Gasteiger partial charge in [0.2, 0.25) is 6.79 Å². The number of halogens is 3. The van der Waals surface area contributed by atoms with Gasteiger partial charge in [-0.15, -0.1) is 0 Å². The van der Waals surface area contributed by atoms with Crippen molar-refractivity contribution in [3.63, 3.8) is 0 Å². The molecule has 0 saturated carbocycles. The number of amides is 3. The molecule has 0 spiro atoms. The van der Waals surface area contributed by atoms with E-state index in [0.717, 1.165) is 22.6 Å². The molecule has 2 aromatic rings. The van der Waals surface area contributed by atoms with Crippen LogP contribution in [0.25, 0.3) is 0 Å². The van der Waals surface area contributed by atoms with Crippen LogP contribution in [0.5, 0.6) is 11.5 Å². The minimum atomic E-state index is -4.50. The smallest absolute Gasteiger partial charge is 0.416 e. The van der Waals surface area contributed by atoms with Crippen LogP contribution in [-0.2, 0) is 23.9 Å². The third-order valence-electron chi connectivity index (χ3n) is 4.93. The van der Waals surface area contributed by atoms with Gasteiger partial charge in [-0.2, -0.15) is 13.2 Å². The summed E-state index contributed by atoms with van der Waals surface area (Å²) in [5.74, 6) is 0.660. The molecule has 2 aromatic carbocycles. The number of nitrogens with zero attached hydrogens (tertiary/aromatic N) is 1. The number of carbonyl (C=O) groups is 2. The van der Waals surface area contributed by atoms with Gasteiger partial charge in [-0.1, -0.05) is 18.2 Å². The summed E-state index contributed by atoms with van der Waals surface area (Å²) in [5, 5.41) is 2.65. The van der Waals surface area contributed by atoms with Crippen LogP contribution in [0.1, 0.15) is 23.6 Å². The molecule has 4 rings (SSSR count). The molecule has 3 amide bonds. The predicted molar refractivity (Wildman–Crippen MR) is 95.2 cm³/mol. The van der Waals surface area contributed by atoms with Gasteiger partial charge in [-0.3, -0.25) is 9.69 Å². The van der Waals surface area contributed by atoms with Crippen molar-refractivity contribution in [2.75, 3.05) is 6.79 Å². The first-order valence-corrected chi connectivity index (χ1v) is 8.84. The van der Waals surface area contributed by atoms with E-state index in [2.05, 4.69) is 5.32 Å². The maximum Gasteiger partial charge on any atom is 0.416 e. The molecule has 1 N–H and O–H groups in total. The first-order valence-electron chi connectivity index (χ1n) is 8.84. The second-order valence-corrected chi connectivity index (χ2v) is 7.22. The Balaban J connectivity index is 1.52. The van der Waals surface area contributed by atoms with Crippen LogP contribution in [0.2, 0.25) is 0 Å². The Hall–Kier alpha value is -3.23. The van der Waals surface area contributed by atoms with Gasteiger partial charge >= 0.3 is 12.2 Å². The summed E-state index contributed by atoms with van der Waals surface area (Å²) in [6, 6.07) is 9.17. The van der Waals surface area contributed by atoms with Crippen molar-refractivity contribution in [3.05, 3.63) is 59.2 Å². The van der Waals surface area contributed by atoms with Crippen molar-refractivity contribution < 1.29 is 32.2 Å². The van der Waals surface area contributed by atoms with Gasteiger partial charge in [-0.25, -0.2) is 4.79 Å². The summed E-state index contributed by atoms with van der Waals surface area (Å²) >= 11 is 0. The Morgan fingerprint density at radius 2 is 1.83 bits per heavy atom. The fourth-order valence-corrected chi connectivity index (χ4v) is 3.50. The molecule has 9 heteroatoms. The summed E-state index contributed by atoms with van der Waals surface area (Å²) < 4.78 is 49.3. The topological polar surface area (TPSA) is 67.9 Å². The zero-order valence-electron chi connectivity index (χ0n) is 15.4. The third kappa shape index (κ3) is 3.59. The SMILES string of the molecule is CC1(Cc2ccc3c(c2)OCO3)NC(=O)N(Cc2cccc(C(F)(F)F)c2)C1=O. The molecule has 0 aliphatic carbocycles. The van der Waals surface area contributed by atoms with Gasteiger partial charge in [0.15, 0.2) is 11.5 Å². The van der Waals surface area contributed by atoms with Crippen molar-refractivity contribution in [2.24, 2.45) is 0 Å². The van der Waals surface area contributed by atoms with Gasteiger partial charge in [0.25, 0.3) is 5.91 Å².